The Labute approximate surface area is 247 Å². The Balaban J connectivity index is 1.90. The summed E-state index contributed by atoms with van der Waals surface area (Å²) in [6.07, 6.45) is 3.68. The Hall–Kier alpha value is -4.98. The fourth-order valence-electron chi connectivity index (χ4n) is 4.20. The zero-order valence-electron chi connectivity index (χ0n) is 23.1. The lowest BCUT2D eigenvalue weighted by atomic mass is 10.0. The van der Waals surface area contributed by atoms with Gasteiger partial charge < -0.3 is 20.3 Å². The molecule has 1 aromatic heterocycles. The first-order chi connectivity index (χ1) is 20.4. The Morgan fingerprint density at radius 3 is 2.50 bits per heavy atom. The lowest BCUT2D eigenvalue weighted by Gasteiger charge is -2.27. The number of aliphatic carboxylic acids is 1. The molecular weight excluding hydrogens is 614 g/mol. The van der Waals surface area contributed by atoms with Crippen molar-refractivity contribution in [2.75, 3.05) is 11.4 Å². The number of terminal acetylenes is 1. The molecule has 12 nitrogen and oxygen atoms in total. The molecule has 0 spiro atoms. The maximum atomic E-state index is 15.3. The van der Waals surface area contributed by atoms with Crippen molar-refractivity contribution in [3.05, 3.63) is 69.0 Å². The molecule has 17 heteroatoms. The second-order valence-electron chi connectivity index (χ2n) is 9.52. The summed E-state index contributed by atoms with van der Waals surface area (Å²) in [6, 6.07) is 4.68. The standard InChI is InChI=1S/C27H25F4N5O7S/c1-4-10-36(13-16-12-18-21(11-14(16)2)32-15(3)33-25(18)39)23-17(6-5-7-19(23)28)24(38)34-20(26(40)41)8-9-22(37)35-44(42,43)27(29,30)31/h1,5-7,11-12,20H,8-10,13H2,2-3H3,(H,34,38)(H,35,37)(H,40,41)(H,32,33,39)/t20-/m0/s1. The number of hydrogen-bond acceptors (Lipinski definition) is 8. The number of amides is 2. The van der Waals surface area contributed by atoms with E-state index in [9.17, 15) is 45.9 Å². The largest absolute Gasteiger partial charge is 0.516 e. The molecule has 3 rings (SSSR count). The predicted molar refractivity (Wildman–Crippen MR) is 149 cm³/mol. The fourth-order valence-corrected chi connectivity index (χ4v) is 4.72. The van der Waals surface area contributed by atoms with E-state index in [0.29, 0.717) is 22.5 Å². The number of nitrogens with zero attached hydrogens (tertiary/aromatic N) is 2. The molecule has 0 radical (unpaired) electrons. The summed E-state index contributed by atoms with van der Waals surface area (Å²) < 4.78 is 75.8. The van der Waals surface area contributed by atoms with Gasteiger partial charge in [-0.3, -0.25) is 14.4 Å². The maximum absolute atomic E-state index is 15.3. The summed E-state index contributed by atoms with van der Waals surface area (Å²) in [5.74, 6) is -2.66. The van der Waals surface area contributed by atoms with Crippen LogP contribution < -0.4 is 20.5 Å². The number of carboxylic acids is 1. The van der Waals surface area contributed by atoms with Gasteiger partial charge in [-0.25, -0.2) is 18.9 Å². The number of nitrogens with one attached hydrogen (secondary N) is 3. The summed E-state index contributed by atoms with van der Waals surface area (Å²) >= 11 is 0. The average Bonchev–Trinajstić information content (AvgIpc) is 2.90. The van der Waals surface area contributed by atoms with Crippen LogP contribution in [0.2, 0.25) is 0 Å². The minimum Gasteiger partial charge on any atom is -0.480 e. The smallest absolute Gasteiger partial charge is 0.480 e. The lowest BCUT2D eigenvalue weighted by Crippen LogP contribution is -2.44. The third-order valence-electron chi connectivity index (χ3n) is 6.29. The van der Waals surface area contributed by atoms with Crippen molar-refractivity contribution in [1.29, 1.82) is 0 Å². The van der Waals surface area contributed by atoms with E-state index in [-0.39, 0.29) is 29.7 Å². The molecule has 3 aromatic rings. The van der Waals surface area contributed by atoms with Gasteiger partial charge in [-0.1, -0.05) is 12.0 Å². The SMILES string of the molecule is C#CCN(Cc1cc2c(=O)[nH]c(C)nc2cc1C)c1c(F)cccc1C(=O)N[C@@H](CCC(=O)NS(=O)(=O)C(F)(F)F)C(=O)O. The number of aromatic amines is 1. The highest BCUT2D eigenvalue weighted by atomic mass is 32.2. The van der Waals surface area contributed by atoms with Crippen LogP contribution in [0.4, 0.5) is 23.2 Å². The van der Waals surface area contributed by atoms with Gasteiger partial charge in [-0.05, 0) is 55.7 Å². The first kappa shape index (κ1) is 33.5. The average molecular weight is 640 g/mol. The minimum atomic E-state index is -6.02. The number of H-pyrrole nitrogens is 1. The van der Waals surface area contributed by atoms with Gasteiger partial charge >= 0.3 is 21.5 Å². The molecule has 2 amide bonds. The first-order valence-electron chi connectivity index (χ1n) is 12.6. The Kier molecular flexibility index (Phi) is 10.00. The van der Waals surface area contributed by atoms with Gasteiger partial charge in [0.2, 0.25) is 5.91 Å². The van der Waals surface area contributed by atoms with Gasteiger partial charge in [0.05, 0.1) is 28.7 Å². The van der Waals surface area contributed by atoms with Crippen molar-refractivity contribution < 1.29 is 45.5 Å². The van der Waals surface area contributed by atoms with E-state index in [1.807, 2.05) is 0 Å². The normalized spacial score (nSPS) is 12.3. The number of sulfonamides is 1. The molecule has 4 N–H and O–H groups in total. The summed E-state index contributed by atoms with van der Waals surface area (Å²) in [5, 5.41) is 11.8. The zero-order chi connectivity index (χ0) is 33.0. The molecule has 0 aliphatic carbocycles. The Morgan fingerprint density at radius 2 is 1.89 bits per heavy atom. The number of anilines is 1. The van der Waals surface area contributed by atoms with E-state index in [2.05, 4.69) is 21.2 Å². The molecule has 234 valence electrons. The van der Waals surface area contributed by atoms with E-state index in [4.69, 9.17) is 6.42 Å². The number of fused-ring (bicyclic) bond motifs is 1. The topological polar surface area (TPSA) is 179 Å². The van der Waals surface area contributed by atoms with Crippen LogP contribution in [0.25, 0.3) is 10.9 Å². The molecule has 0 aliphatic rings. The van der Waals surface area contributed by atoms with Crippen LogP contribution in [0.1, 0.15) is 40.2 Å². The summed E-state index contributed by atoms with van der Waals surface area (Å²) in [5.41, 5.74) is -5.27. The molecular formula is C27H25F4N5O7S. The maximum Gasteiger partial charge on any atom is 0.516 e. The molecule has 0 unspecified atom stereocenters. The number of para-hydroxylation sites is 1. The second kappa shape index (κ2) is 13.1. The highest BCUT2D eigenvalue weighted by Crippen LogP contribution is 2.28. The van der Waals surface area contributed by atoms with Crippen molar-refractivity contribution in [2.45, 2.75) is 44.8 Å². The number of alkyl halides is 3. The number of hydrogen-bond donors (Lipinski definition) is 4. The van der Waals surface area contributed by atoms with E-state index in [0.717, 1.165) is 10.8 Å². The molecule has 2 aromatic carbocycles. The van der Waals surface area contributed by atoms with Crippen LogP contribution in [0.3, 0.4) is 0 Å². The number of carboxylic acid groups (broad SMARTS) is 1. The molecule has 0 aliphatic heterocycles. The van der Waals surface area contributed by atoms with Gasteiger partial charge in [0.15, 0.2) is 0 Å². The molecule has 1 heterocycles. The quantitative estimate of drug-likeness (QED) is 0.181. The van der Waals surface area contributed by atoms with Crippen molar-refractivity contribution in [3.63, 3.8) is 0 Å². The predicted octanol–water partition coefficient (Wildman–Crippen LogP) is 2.25. The van der Waals surface area contributed by atoms with Crippen LogP contribution >= 0.6 is 0 Å². The van der Waals surface area contributed by atoms with Crippen molar-refractivity contribution in [1.82, 2.24) is 20.0 Å². The summed E-state index contributed by atoms with van der Waals surface area (Å²) in [6.45, 7) is 3.00. The molecule has 0 bridgehead atoms. The first-order valence-corrected chi connectivity index (χ1v) is 14.1. The van der Waals surface area contributed by atoms with Gasteiger partial charge in [0.25, 0.3) is 11.5 Å². The summed E-state index contributed by atoms with van der Waals surface area (Å²) in [7, 11) is -6.02. The van der Waals surface area contributed by atoms with Gasteiger partial charge in [-0.2, -0.15) is 21.6 Å². The Morgan fingerprint density at radius 1 is 1.20 bits per heavy atom. The number of carbonyl (C=O) groups excluding carboxylic acids is 2. The molecule has 0 fully saturated rings. The lowest BCUT2D eigenvalue weighted by molar-refractivity contribution is -0.139. The number of carbonyl (C=O) groups is 3. The zero-order valence-corrected chi connectivity index (χ0v) is 23.9. The van der Waals surface area contributed by atoms with Gasteiger partial charge in [-0.15, -0.1) is 6.42 Å². The van der Waals surface area contributed by atoms with Crippen molar-refractivity contribution in [2.24, 2.45) is 0 Å². The van der Waals surface area contributed by atoms with Crippen LogP contribution in [-0.2, 0) is 26.2 Å². The van der Waals surface area contributed by atoms with Gasteiger partial charge in [0, 0.05) is 13.0 Å². The number of aromatic nitrogens is 2. The Bertz CT molecular complexity index is 1830. The van der Waals surface area contributed by atoms with E-state index >= 15 is 4.39 Å². The van der Waals surface area contributed by atoms with E-state index < -0.39 is 63.6 Å². The second-order valence-corrected chi connectivity index (χ2v) is 11.2. The number of aryl methyl sites for hydroxylation is 2. The fraction of sp³-hybridized carbons (Fsp3) is 0.296. The molecule has 0 saturated carbocycles. The third kappa shape index (κ3) is 7.69. The van der Waals surface area contributed by atoms with Crippen molar-refractivity contribution >= 4 is 44.4 Å². The number of halogens is 4. The number of benzene rings is 2. The molecule has 44 heavy (non-hydrogen) atoms. The van der Waals surface area contributed by atoms with Crippen molar-refractivity contribution in [3.8, 4) is 12.3 Å². The highest BCUT2D eigenvalue weighted by Gasteiger charge is 2.47. The number of rotatable bonds is 11. The molecule has 0 saturated heterocycles. The van der Waals surface area contributed by atoms with E-state index in [1.165, 1.54) is 17.0 Å². The van der Waals surface area contributed by atoms with Gasteiger partial charge in [0.1, 0.15) is 17.7 Å². The molecule has 1 atom stereocenters. The van der Waals surface area contributed by atoms with E-state index in [1.54, 1.807) is 26.0 Å². The third-order valence-corrected chi connectivity index (χ3v) is 7.39. The van der Waals surface area contributed by atoms with Crippen LogP contribution in [0, 0.1) is 32.0 Å². The van der Waals surface area contributed by atoms with Crippen LogP contribution in [0.15, 0.2) is 35.1 Å². The van der Waals surface area contributed by atoms with Crippen LogP contribution in [-0.4, -0.2) is 59.4 Å². The minimum absolute atomic E-state index is 0.100. The highest BCUT2D eigenvalue weighted by molar-refractivity contribution is 7.90. The summed E-state index contributed by atoms with van der Waals surface area (Å²) in [4.78, 5) is 57.4. The van der Waals surface area contributed by atoms with Crippen LogP contribution in [0.5, 0.6) is 0 Å². The monoisotopic (exact) mass is 639 g/mol.